The number of benzene rings is 1. The lowest BCUT2D eigenvalue weighted by Crippen LogP contribution is -1.99. The van der Waals surface area contributed by atoms with E-state index in [4.69, 9.17) is 0 Å². The molecule has 2 atom stereocenters. The zero-order chi connectivity index (χ0) is 9.26. The van der Waals surface area contributed by atoms with Crippen LogP contribution in [-0.4, -0.2) is 11.2 Å². The van der Waals surface area contributed by atoms with Gasteiger partial charge in [-0.05, 0) is 37.7 Å². The van der Waals surface area contributed by atoms with E-state index in [1.807, 2.05) is 0 Å². The van der Waals surface area contributed by atoms with Crippen LogP contribution in [0.4, 0.5) is 0 Å². The maximum Gasteiger partial charge on any atom is 0.0546 e. The predicted octanol–water partition coefficient (Wildman–Crippen LogP) is 2.62. The van der Waals surface area contributed by atoms with E-state index >= 15 is 0 Å². The molecular formula is C12H16O. The highest BCUT2D eigenvalue weighted by Crippen LogP contribution is 2.34. The van der Waals surface area contributed by atoms with Crippen LogP contribution in [0.15, 0.2) is 24.3 Å². The Morgan fingerprint density at radius 3 is 2.38 bits per heavy atom. The molecule has 1 N–H and O–H groups in total. The monoisotopic (exact) mass is 176 g/mol. The van der Waals surface area contributed by atoms with Gasteiger partial charge in [0, 0.05) is 0 Å². The Kier molecular flexibility index (Phi) is 2.36. The lowest BCUT2D eigenvalue weighted by atomic mass is 9.97. The fourth-order valence-corrected chi connectivity index (χ4v) is 2.10. The Morgan fingerprint density at radius 2 is 1.85 bits per heavy atom. The first kappa shape index (κ1) is 8.76. The quantitative estimate of drug-likeness (QED) is 0.697. The van der Waals surface area contributed by atoms with Gasteiger partial charge in [-0.25, -0.2) is 0 Å². The average molecular weight is 176 g/mol. The highest BCUT2D eigenvalue weighted by molar-refractivity contribution is 5.25. The van der Waals surface area contributed by atoms with E-state index in [0.717, 1.165) is 19.3 Å². The molecule has 0 radical (unpaired) electrons. The molecule has 1 heteroatoms. The van der Waals surface area contributed by atoms with Crippen molar-refractivity contribution in [2.24, 2.45) is 0 Å². The molecule has 0 spiro atoms. The summed E-state index contributed by atoms with van der Waals surface area (Å²) in [5.41, 5.74) is 2.70. The molecule has 1 aliphatic carbocycles. The van der Waals surface area contributed by atoms with Crippen LogP contribution in [0.2, 0.25) is 0 Å². The topological polar surface area (TPSA) is 20.2 Å². The van der Waals surface area contributed by atoms with Crippen LogP contribution >= 0.6 is 0 Å². The van der Waals surface area contributed by atoms with Crippen molar-refractivity contribution in [2.45, 2.75) is 38.2 Å². The molecule has 2 unspecified atom stereocenters. The largest absolute Gasteiger partial charge is 0.393 e. The third kappa shape index (κ3) is 1.92. The number of hydrogen-bond acceptors (Lipinski definition) is 1. The van der Waals surface area contributed by atoms with Crippen LogP contribution in [0.1, 0.15) is 36.3 Å². The van der Waals surface area contributed by atoms with Crippen molar-refractivity contribution < 1.29 is 5.11 Å². The number of aryl methyl sites for hydroxylation is 1. The summed E-state index contributed by atoms with van der Waals surface area (Å²) in [6, 6.07) is 8.69. The van der Waals surface area contributed by atoms with Crippen molar-refractivity contribution in [3.05, 3.63) is 35.4 Å². The lowest BCUT2D eigenvalue weighted by Gasteiger charge is -2.09. The minimum atomic E-state index is -0.0636. The maximum absolute atomic E-state index is 9.42. The maximum atomic E-state index is 9.42. The molecule has 0 aromatic heterocycles. The Balaban J connectivity index is 2.13. The van der Waals surface area contributed by atoms with Gasteiger partial charge in [0.25, 0.3) is 0 Å². The van der Waals surface area contributed by atoms with Crippen LogP contribution in [0.5, 0.6) is 0 Å². The smallest absolute Gasteiger partial charge is 0.0546 e. The van der Waals surface area contributed by atoms with Crippen LogP contribution in [0, 0.1) is 6.92 Å². The number of aliphatic hydroxyl groups is 1. The molecule has 70 valence electrons. The molecule has 0 saturated heterocycles. The molecule has 1 saturated carbocycles. The fraction of sp³-hybridized carbons (Fsp3) is 0.500. The van der Waals surface area contributed by atoms with Gasteiger partial charge in [-0.15, -0.1) is 0 Å². The Hall–Kier alpha value is -0.820. The van der Waals surface area contributed by atoms with Crippen LogP contribution in [0.25, 0.3) is 0 Å². The summed E-state index contributed by atoms with van der Waals surface area (Å²) in [6.45, 7) is 2.10. The second kappa shape index (κ2) is 3.51. The van der Waals surface area contributed by atoms with E-state index in [1.54, 1.807) is 0 Å². The van der Waals surface area contributed by atoms with E-state index in [-0.39, 0.29) is 6.10 Å². The molecule has 0 bridgehead atoms. The van der Waals surface area contributed by atoms with E-state index in [9.17, 15) is 5.11 Å². The van der Waals surface area contributed by atoms with Gasteiger partial charge in [0.05, 0.1) is 6.10 Å². The Bertz CT molecular complexity index is 276. The van der Waals surface area contributed by atoms with E-state index in [0.29, 0.717) is 5.92 Å². The third-order valence-electron chi connectivity index (χ3n) is 2.95. The number of aliphatic hydroxyl groups excluding tert-OH is 1. The Morgan fingerprint density at radius 1 is 1.15 bits per heavy atom. The van der Waals surface area contributed by atoms with Gasteiger partial charge in [0.1, 0.15) is 0 Å². The van der Waals surface area contributed by atoms with Crippen molar-refractivity contribution in [1.29, 1.82) is 0 Å². The highest BCUT2D eigenvalue weighted by Gasteiger charge is 2.23. The molecular weight excluding hydrogens is 160 g/mol. The average Bonchev–Trinajstić information content (AvgIpc) is 2.53. The zero-order valence-electron chi connectivity index (χ0n) is 8.03. The minimum Gasteiger partial charge on any atom is -0.393 e. The first-order valence-electron chi connectivity index (χ1n) is 5.00. The van der Waals surface area contributed by atoms with Gasteiger partial charge in [-0.2, -0.15) is 0 Å². The molecule has 0 aliphatic heterocycles. The second-order valence-electron chi connectivity index (χ2n) is 4.07. The van der Waals surface area contributed by atoms with Crippen LogP contribution < -0.4 is 0 Å². The summed E-state index contributed by atoms with van der Waals surface area (Å²) in [7, 11) is 0. The van der Waals surface area contributed by atoms with Crippen molar-refractivity contribution in [2.75, 3.05) is 0 Å². The molecule has 13 heavy (non-hydrogen) atoms. The summed E-state index contributed by atoms with van der Waals surface area (Å²) >= 11 is 0. The number of rotatable bonds is 1. The van der Waals surface area contributed by atoms with Crippen LogP contribution in [-0.2, 0) is 0 Å². The standard InChI is InChI=1S/C12H16O/c1-9-2-4-10(5-3-9)11-6-7-12(13)8-11/h2-5,11-13H,6-8H2,1H3. The highest BCUT2D eigenvalue weighted by atomic mass is 16.3. The first-order chi connectivity index (χ1) is 6.25. The molecule has 1 aromatic carbocycles. The SMILES string of the molecule is Cc1ccc(C2CCC(O)C2)cc1. The minimum absolute atomic E-state index is 0.0636. The lowest BCUT2D eigenvalue weighted by molar-refractivity contribution is 0.181. The second-order valence-corrected chi connectivity index (χ2v) is 4.07. The normalized spacial score (nSPS) is 27.8. The molecule has 1 aliphatic rings. The zero-order valence-corrected chi connectivity index (χ0v) is 8.03. The molecule has 0 heterocycles. The summed E-state index contributed by atoms with van der Waals surface area (Å²) in [5.74, 6) is 0.593. The van der Waals surface area contributed by atoms with Gasteiger partial charge in [-0.3, -0.25) is 0 Å². The van der Waals surface area contributed by atoms with Gasteiger partial charge in [0.15, 0.2) is 0 Å². The van der Waals surface area contributed by atoms with E-state index in [2.05, 4.69) is 31.2 Å². The predicted molar refractivity (Wildman–Crippen MR) is 53.8 cm³/mol. The molecule has 2 rings (SSSR count). The van der Waals surface area contributed by atoms with Crippen molar-refractivity contribution in [3.63, 3.8) is 0 Å². The van der Waals surface area contributed by atoms with Gasteiger partial charge in [-0.1, -0.05) is 29.8 Å². The molecule has 1 aromatic rings. The van der Waals surface area contributed by atoms with Gasteiger partial charge in [0.2, 0.25) is 0 Å². The molecule has 1 nitrogen and oxygen atoms in total. The summed E-state index contributed by atoms with van der Waals surface area (Å²) in [6.07, 6.45) is 3.00. The van der Waals surface area contributed by atoms with Gasteiger partial charge >= 0.3 is 0 Å². The van der Waals surface area contributed by atoms with E-state index < -0.39 is 0 Å². The first-order valence-corrected chi connectivity index (χ1v) is 5.00. The van der Waals surface area contributed by atoms with Gasteiger partial charge < -0.3 is 5.11 Å². The fourth-order valence-electron chi connectivity index (χ4n) is 2.10. The van der Waals surface area contributed by atoms with Crippen molar-refractivity contribution in [1.82, 2.24) is 0 Å². The molecule has 0 amide bonds. The summed E-state index contributed by atoms with van der Waals surface area (Å²) in [5, 5.41) is 9.42. The molecule has 1 fully saturated rings. The Labute approximate surface area is 79.4 Å². The summed E-state index contributed by atoms with van der Waals surface area (Å²) < 4.78 is 0. The van der Waals surface area contributed by atoms with Crippen LogP contribution in [0.3, 0.4) is 0 Å². The van der Waals surface area contributed by atoms with Crippen molar-refractivity contribution in [3.8, 4) is 0 Å². The number of hydrogen-bond donors (Lipinski definition) is 1. The third-order valence-corrected chi connectivity index (χ3v) is 2.95. The van der Waals surface area contributed by atoms with Crippen molar-refractivity contribution >= 4 is 0 Å². The summed E-state index contributed by atoms with van der Waals surface area (Å²) in [4.78, 5) is 0. The van der Waals surface area contributed by atoms with E-state index in [1.165, 1.54) is 11.1 Å².